The summed E-state index contributed by atoms with van der Waals surface area (Å²) in [5, 5.41) is 3.39. The van der Waals surface area contributed by atoms with E-state index < -0.39 is 0 Å². The van der Waals surface area contributed by atoms with Gasteiger partial charge in [0.25, 0.3) is 0 Å². The third kappa shape index (κ3) is 5.83. The molecular weight excluding hydrogens is 200 g/mol. The highest BCUT2D eigenvalue weighted by atomic mass is 16.5. The van der Waals surface area contributed by atoms with Gasteiger partial charge in [-0.1, -0.05) is 19.8 Å². The summed E-state index contributed by atoms with van der Waals surface area (Å²) in [6, 6.07) is 0. The molecule has 0 aromatic carbocycles. The van der Waals surface area contributed by atoms with E-state index in [2.05, 4.69) is 17.1 Å². The Balaban J connectivity index is 2.02. The number of unbranched alkanes of at least 4 members (excludes halogenated alkanes) is 1. The number of ether oxygens (including phenoxy) is 1. The lowest BCUT2D eigenvalue weighted by atomic mass is 10.1. The summed E-state index contributed by atoms with van der Waals surface area (Å²) in [5.41, 5.74) is 0. The Morgan fingerprint density at radius 2 is 1.88 bits per heavy atom. The Hall–Kier alpha value is -0.120. The molecule has 0 aromatic heterocycles. The van der Waals surface area contributed by atoms with Gasteiger partial charge in [0.1, 0.15) is 0 Å². The summed E-state index contributed by atoms with van der Waals surface area (Å²) in [5.74, 6) is 0. The summed E-state index contributed by atoms with van der Waals surface area (Å²) in [6.45, 7) is 8.23. The quantitative estimate of drug-likeness (QED) is 0.686. The number of hydrogen-bond acceptors (Lipinski definition) is 3. The van der Waals surface area contributed by atoms with E-state index in [0.717, 1.165) is 13.1 Å². The van der Waals surface area contributed by atoms with Crippen molar-refractivity contribution in [1.29, 1.82) is 0 Å². The average Bonchev–Trinajstić information content (AvgIpc) is 2.35. The van der Waals surface area contributed by atoms with Crippen molar-refractivity contribution in [3.05, 3.63) is 0 Å². The van der Waals surface area contributed by atoms with E-state index in [1.807, 2.05) is 7.11 Å². The second kappa shape index (κ2) is 8.97. The monoisotopic (exact) mass is 228 g/mol. The van der Waals surface area contributed by atoms with Crippen LogP contribution in [0, 0.1) is 0 Å². The zero-order valence-electron chi connectivity index (χ0n) is 11.0. The predicted molar refractivity (Wildman–Crippen MR) is 68.9 cm³/mol. The number of nitrogens with one attached hydrogen (secondary N) is 1. The Morgan fingerprint density at radius 3 is 2.50 bits per heavy atom. The fourth-order valence-corrected chi connectivity index (χ4v) is 2.29. The lowest BCUT2D eigenvalue weighted by Gasteiger charge is -2.27. The van der Waals surface area contributed by atoms with Gasteiger partial charge in [-0.05, 0) is 25.8 Å². The second-order valence-corrected chi connectivity index (χ2v) is 4.73. The van der Waals surface area contributed by atoms with Crippen LogP contribution in [0.4, 0.5) is 0 Å². The fourth-order valence-electron chi connectivity index (χ4n) is 2.29. The summed E-state index contributed by atoms with van der Waals surface area (Å²) < 4.78 is 5.51. The van der Waals surface area contributed by atoms with Gasteiger partial charge in [0, 0.05) is 33.3 Å². The molecule has 3 nitrogen and oxygen atoms in total. The molecule has 0 aliphatic carbocycles. The van der Waals surface area contributed by atoms with Crippen molar-refractivity contribution in [3.8, 4) is 0 Å². The highest BCUT2D eigenvalue weighted by Crippen LogP contribution is 2.10. The highest BCUT2D eigenvalue weighted by Gasteiger charge is 2.11. The van der Waals surface area contributed by atoms with Crippen molar-refractivity contribution < 1.29 is 4.74 Å². The molecule has 1 aliphatic heterocycles. The third-order valence-corrected chi connectivity index (χ3v) is 3.42. The topological polar surface area (TPSA) is 24.5 Å². The number of hydrogen-bond donors (Lipinski definition) is 1. The average molecular weight is 228 g/mol. The first kappa shape index (κ1) is 13.9. The van der Waals surface area contributed by atoms with E-state index in [1.54, 1.807) is 0 Å². The second-order valence-electron chi connectivity index (χ2n) is 4.73. The summed E-state index contributed by atoms with van der Waals surface area (Å²) in [6.07, 6.45) is 6.80. The van der Waals surface area contributed by atoms with Crippen LogP contribution in [-0.2, 0) is 4.74 Å². The lowest BCUT2D eigenvalue weighted by molar-refractivity contribution is 0.0804. The van der Waals surface area contributed by atoms with Gasteiger partial charge < -0.3 is 15.0 Å². The first-order valence-electron chi connectivity index (χ1n) is 6.82. The molecule has 16 heavy (non-hydrogen) atoms. The molecule has 96 valence electrons. The molecule has 0 unspecified atom stereocenters. The van der Waals surface area contributed by atoms with Gasteiger partial charge in [-0.25, -0.2) is 0 Å². The number of nitrogens with zero attached hydrogens (tertiary/aromatic N) is 1. The molecule has 0 spiro atoms. The van der Waals surface area contributed by atoms with Crippen LogP contribution in [0.2, 0.25) is 0 Å². The van der Waals surface area contributed by atoms with Crippen LogP contribution < -0.4 is 5.32 Å². The Bertz CT molecular complexity index is 158. The maximum atomic E-state index is 5.51. The molecule has 0 bridgehead atoms. The van der Waals surface area contributed by atoms with Crippen LogP contribution >= 0.6 is 0 Å². The van der Waals surface area contributed by atoms with Crippen LogP contribution in [0.25, 0.3) is 0 Å². The molecule has 0 radical (unpaired) electrons. The molecule has 3 heteroatoms. The van der Waals surface area contributed by atoms with Gasteiger partial charge in [-0.15, -0.1) is 0 Å². The van der Waals surface area contributed by atoms with E-state index in [4.69, 9.17) is 4.74 Å². The molecular formula is C13H28N2O. The zero-order chi connectivity index (χ0) is 11.6. The Morgan fingerprint density at radius 1 is 1.19 bits per heavy atom. The number of methoxy groups -OCH3 is 1. The van der Waals surface area contributed by atoms with Gasteiger partial charge in [0.05, 0.1) is 6.10 Å². The molecule has 1 aliphatic rings. The first-order valence-corrected chi connectivity index (χ1v) is 6.82. The van der Waals surface area contributed by atoms with Crippen molar-refractivity contribution in [2.75, 3.05) is 39.8 Å². The maximum Gasteiger partial charge on any atom is 0.0571 e. The molecule has 1 rings (SSSR count). The van der Waals surface area contributed by atoms with Crippen molar-refractivity contribution in [2.45, 2.75) is 45.1 Å². The molecule has 0 aromatic rings. The van der Waals surface area contributed by atoms with Crippen LogP contribution in [0.3, 0.4) is 0 Å². The molecule has 1 heterocycles. The SMILES string of the molecule is CCCC[C@H](CCCN1CCNCC1)OC. The molecule has 1 saturated heterocycles. The van der Waals surface area contributed by atoms with Gasteiger partial charge in [0.2, 0.25) is 0 Å². The summed E-state index contributed by atoms with van der Waals surface area (Å²) in [4.78, 5) is 2.56. The van der Waals surface area contributed by atoms with Crippen molar-refractivity contribution >= 4 is 0 Å². The molecule has 1 fully saturated rings. The number of piperazine rings is 1. The largest absolute Gasteiger partial charge is 0.381 e. The van der Waals surface area contributed by atoms with Crippen molar-refractivity contribution in [2.24, 2.45) is 0 Å². The lowest BCUT2D eigenvalue weighted by Crippen LogP contribution is -2.43. The van der Waals surface area contributed by atoms with Crippen LogP contribution in [-0.4, -0.2) is 50.8 Å². The standard InChI is InChI=1S/C13H28N2O/c1-3-4-6-13(16-2)7-5-10-15-11-8-14-9-12-15/h13-14H,3-12H2,1-2H3/t13-/m1/s1. The van der Waals surface area contributed by atoms with E-state index in [0.29, 0.717) is 6.10 Å². The minimum Gasteiger partial charge on any atom is -0.381 e. The molecule has 0 saturated carbocycles. The van der Waals surface area contributed by atoms with Crippen LogP contribution in [0.1, 0.15) is 39.0 Å². The van der Waals surface area contributed by atoms with E-state index >= 15 is 0 Å². The van der Waals surface area contributed by atoms with Crippen LogP contribution in [0.5, 0.6) is 0 Å². The predicted octanol–water partition coefficient (Wildman–Crippen LogP) is 1.88. The van der Waals surface area contributed by atoms with Gasteiger partial charge in [-0.3, -0.25) is 0 Å². The minimum atomic E-state index is 0.489. The van der Waals surface area contributed by atoms with Crippen LogP contribution in [0.15, 0.2) is 0 Å². The normalized spacial score (nSPS) is 19.9. The van der Waals surface area contributed by atoms with Gasteiger partial charge in [0.15, 0.2) is 0 Å². The molecule has 1 atom stereocenters. The van der Waals surface area contributed by atoms with E-state index in [1.165, 1.54) is 51.7 Å². The van der Waals surface area contributed by atoms with Crippen molar-refractivity contribution in [1.82, 2.24) is 10.2 Å². The Kier molecular flexibility index (Phi) is 7.81. The van der Waals surface area contributed by atoms with Gasteiger partial charge >= 0.3 is 0 Å². The zero-order valence-corrected chi connectivity index (χ0v) is 11.0. The van der Waals surface area contributed by atoms with E-state index in [-0.39, 0.29) is 0 Å². The smallest absolute Gasteiger partial charge is 0.0571 e. The fraction of sp³-hybridized carbons (Fsp3) is 1.00. The van der Waals surface area contributed by atoms with Gasteiger partial charge in [-0.2, -0.15) is 0 Å². The summed E-state index contributed by atoms with van der Waals surface area (Å²) in [7, 11) is 1.85. The maximum absolute atomic E-state index is 5.51. The highest BCUT2D eigenvalue weighted by molar-refractivity contribution is 4.68. The Labute approximate surface area is 101 Å². The van der Waals surface area contributed by atoms with Crippen molar-refractivity contribution in [3.63, 3.8) is 0 Å². The third-order valence-electron chi connectivity index (χ3n) is 3.42. The first-order chi connectivity index (χ1) is 7.86. The van der Waals surface area contributed by atoms with E-state index in [9.17, 15) is 0 Å². The minimum absolute atomic E-state index is 0.489. The summed E-state index contributed by atoms with van der Waals surface area (Å²) >= 11 is 0. The number of rotatable bonds is 8. The molecule has 1 N–H and O–H groups in total. The molecule has 0 amide bonds.